The number of pyridine rings is 1. The van der Waals surface area contributed by atoms with Crippen LogP contribution >= 0.6 is 0 Å². The average Bonchev–Trinajstić information content (AvgIpc) is 2.88. The molecular weight excluding hydrogens is 294 g/mol. The zero-order valence-corrected chi connectivity index (χ0v) is 13.8. The van der Waals surface area contributed by atoms with Crippen LogP contribution in [-0.4, -0.2) is 50.7 Å². The number of rotatable bonds is 2. The summed E-state index contributed by atoms with van der Waals surface area (Å²) in [4.78, 5) is 25.7. The van der Waals surface area contributed by atoms with Crippen LogP contribution in [0.15, 0.2) is 18.3 Å². The molecule has 0 atom stereocenters. The van der Waals surface area contributed by atoms with Gasteiger partial charge in [0.1, 0.15) is 5.60 Å². The molecule has 0 aromatic carbocycles. The van der Waals surface area contributed by atoms with E-state index in [1.165, 1.54) is 0 Å². The van der Waals surface area contributed by atoms with Gasteiger partial charge in [-0.2, -0.15) is 4.98 Å². The normalized spacial score (nSPS) is 16.6. The van der Waals surface area contributed by atoms with E-state index in [1.54, 1.807) is 11.1 Å². The fourth-order valence-corrected chi connectivity index (χ4v) is 2.64. The SMILES string of the molecule is CC(C)(C)OC(=O)N1CCC(Nc2nc3ncccc3[nH]2)CC1. The number of piperidine rings is 1. The molecule has 124 valence electrons. The van der Waals surface area contributed by atoms with Crippen LogP contribution in [0.1, 0.15) is 33.6 Å². The largest absolute Gasteiger partial charge is 0.444 e. The number of aromatic amines is 1. The molecule has 1 amide bonds. The van der Waals surface area contributed by atoms with Gasteiger partial charge in [-0.05, 0) is 45.7 Å². The predicted molar refractivity (Wildman–Crippen MR) is 88.3 cm³/mol. The number of nitrogens with one attached hydrogen (secondary N) is 2. The van der Waals surface area contributed by atoms with E-state index in [9.17, 15) is 4.79 Å². The van der Waals surface area contributed by atoms with Crippen LogP contribution in [0.4, 0.5) is 10.7 Å². The van der Waals surface area contributed by atoms with Crippen LogP contribution in [0.5, 0.6) is 0 Å². The summed E-state index contributed by atoms with van der Waals surface area (Å²) in [6.07, 6.45) is 3.23. The number of likely N-dealkylation sites (tertiary alicyclic amines) is 1. The molecule has 3 heterocycles. The van der Waals surface area contributed by atoms with E-state index in [-0.39, 0.29) is 12.1 Å². The highest BCUT2D eigenvalue weighted by molar-refractivity contribution is 5.73. The van der Waals surface area contributed by atoms with Crippen molar-refractivity contribution in [1.82, 2.24) is 19.9 Å². The van der Waals surface area contributed by atoms with E-state index < -0.39 is 5.60 Å². The Labute approximate surface area is 135 Å². The fraction of sp³-hybridized carbons (Fsp3) is 0.562. The first-order chi connectivity index (χ1) is 10.9. The van der Waals surface area contributed by atoms with Crippen molar-refractivity contribution in [2.75, 3.05) is 18.4 Å². The molecule has 1 aliphatic heterocycles. The molecule has 1 fully saturated rings. The fourth-order valence-electron chi connectivity index (χ4n) is 2.64. The van der Waals surface area contributed by atoms with E-state index in [2.05, 4.69) is 20.3 Å². The Balaban J connectivity index is 1.54. The molecule has 0 unspecified atom stereocenters. The van der Waals surface area contributed by atoms with E-state index >= 15 is 0 Å². The molecule has 0 saturated carbocycles. The summed E-state index contributed by atoms with van der Waals surface area (Å²) in [5, 5.41) is 3.39. The van der Waals surface area contributed by atoms with Gasteiger partial charge in [0, 0.05) is 25.3 Å². The first-order valence-electron chi connectivity index (χ1n) is 7.96. The minimum Gasteiger partial charge on any atom is -0.444 e. The number of carbonyl (C=O) groups is 1. The molecule has 3 rings (SSSR count). The second-order valence-corrected chi connectivity index (χ2v) is 6.85. The van der Waals surface area contributed by atoms with Gasteiger partial charge in [0.05, 0.1) is 5.52 Å². The van der Waals surface area contributed by atoms with E-state index in [0.717, 1.165) is 24.3 Å². The Morgan fingerprint density at radius 2 is 2.13 bits per heavy atom. The summed E-state index contributed by atoms with van der Waals surface area (Å²) in [7, 11) is 0. The number of carbonyl (C=O) groups excluding carboxylic acids is 1. The Morgan fingerprint density at radius 3 is 2.78 bits per heavy atom. The monoisotopic (exact) mass is 317 g/mol. The summed E-state index contributed by atoms with van der Waals surface area (Å²) in [5.74, 6) is 0.731. The number of aromatic nitrogens is 3. The van der Waals surface area contributed by atoms with Gasteiger partial charge in [-0.3, -0.25) is 0 Å². The molecule has 1 aliphatic rings. The zero-order valence-electron chi connectivity index (χ0n) is 13.8. The highest BCUT2D eigenvalue weighted by Gasteiger charge is 2.27. The van der Waals surface area contributed by atoms with Crippen molar-refractivity contribution in [3.05, 3.63) is 18.3 Å². The maximum Gasteiger partial charge on any atom is 0.410 e. The van der Waals surface area contributed by atoms with Crippen molar-refractivity contribution in [2.24, 2.45) is 0 Å². The van der Waals surface area contributed by atoms with Gasteiger partial charge >= 0.3 is 6.09 Å². The molecule has 0 radical (unpaired) electrons. The number of imidazole rings is 1. The number of fused-ring (bicyclic) bond motifs is 1. The number of nitrogens with zero attached hydrogens (tertiary/aromatic N) is 3. The number of hydrogen-bond donors (Lipinski definition) is 2. The lowest BCUT2D eigenvalue weighted by Gasteiger charge is -2.33. The van der Waals surface area contributed by atoms with E-state index in [4.69, 9.17) is 4.74 Å². The van der Waals surface area contributed by atoms with Gasteiger partial charge in [-0.15, -0.1) is 0 Å². The van der Waals surface area contributed by atoms with Gasteiger partial charge in [0.2, 0.25) is 5.95 Å². The summed E-state index contributed by atoms with van der Waals surface area (Å²) >= 11 is 0. The van der Waals surface area contributed by atoms with Crippen LogP contribution in [0.3, 0.4) is 0 Å². The molecular formula is C16H23N5O2. The lowest BCUT2D eigenvalue weighted by atomic mass is 10.1. The summed E-state index contributed by atoms with van der Waals surface area (Å²) in [6, 6.07) is 4.11. The molecule has 2 aromatic heterocycles. The van der Waals surface area contributed by atoms with Crippen LogP contribution in [0.25, 0.3) is 11.2 Å². The topological polar surface area (TPSA) is 83.1 Å². The average molecular weight is 317 g/mol. The Morgan fingerprint density at radius 1 is 1.39 bits per heavy atom. The smallest absolute Gasteiger partial charge is 0.410 e. The standard InChI is InChI=1S/C16H23N5O2/c1-16(2,3)23-15(22)21-9-6-11(7-10-21)18-14-19-12-5-4-8-17-13(12)20-14/h4-5,8,11H,6-7,9-10H2,1-3H3,(H2,17,18,19,20). The van der Waals surface area contributed by atoms with Crippen molar-refractivity contribution in [3.63, 3.8) is 0 Å². The van der Waals surface area contributed by atoms with Crippen molar-refractivity contribution < 1.29 is 9.53 Å². The summed E-state index contributed by atoms with van der Waals surface area (Å²) in [5.41, 5.74) is 1.18. The molecule has 7 nitrogen and oxygen atoms in total. The van der Waals surface area contributed by atoms with Gasteiger partial charge < -0.3 is 19.9 Å². The first-order valence-corrected chi connectivity index (χ1v) is 7.96. The quantitative estimate of drug-likeness (QED) is 0.890. The zero-order chi connectivity index (χ0) is 16.4. The van der Waals surface area contributed by atoms with E-state index in [0.29, 0.717) is 18.7 Å². The minimum absolute atomic E-state index is 0.233. The molecule has 1 saturated heterocycles. The second kappa shape index (κ2) is 6.06. The first kappa shape index (κ1) is 15.6. The highest BCUT2D eigenvalue weighted by atomic mass is 16.6. The van der Waals surface area contributed by atoms with Crippen LogP contribution in [0, 0.1) is 0 Å². The Kier molecular flexibility index (Phi) is 4.11. The lowest BCUT2D eigenvalue weighted by molar-refractivity contribution is 0.0210. The Hall–Kier alpha value is -2.31. The number of H-pyrrole nitrogens is 1. The molecule has 0 aliphatic carbocycles. The summed E-state index contributed by atoms with van der Waals surface area (Å²) in [6.45, 7) is 7.02. The third-order valence-corrected chi connectivity index (χ3v) is 3.74. The highest BCUT2D eigenvalue weighted by Crippen LogP contribution is 2.19. The van der Waals surface area contributed by atoms with Gasteiger partial charge in [-0.25, -0.2) is 9.78 Å². The molecule has 2 N–H and O–H groups in total. The molecule has 0 spiro atoms. The number of amides is 1. The van der Waals surface area contributed by atoms with Gasteiger partial charge in [0.15, 0.2) is 5.65 Å². The van der Waals surface area contributed by atoms with Crippen LogP contribution in [0.2, 0.25) is 0 Å². The maximum atomic E-state index is 12.1. The third kappa shape index (κ3) is 3.91. The molecule has 7 heteroatoms. The third-order valence-electron chi connectivity index (χ3n) is 3.74. The van der Waals surface area contributed by atoms with Gasteiger partial charge in [-0.1, -0.05) is 0 Å². The lowest BCUT2D eigenvalue weighted by Crippen LogP contribution is -2.44. The second-order valence-electron chi connectivity index (χ2n) is 6.85. The van der Waals surface area contributed by atoms with Crippen molar-refractivity contribution in [2.45, 2.75) is 45.3 Å². The maximum absolute atomic E-state index is 12.1. The minimum atomic E-state index is -0.451. The predicted octanol–water partition coefficient (Wildman–Crippen LogP) is 2.77. The van der Waals surface area contributed by atoms with Crippen LogP contribution in [-0.2, 0) is 4.74 Å². The molecule has 0 bridgehead atoms. The number of ether oxygens (including phenoxy) is 1. The van der Waals surface area contributed by atoms with Crippen LogP contribution < -0.4 is 5.32 Å². The summed E-state index contributed by atoms with van der Waals surface area (Å²) < 4.78 is 5.41. The van der Waals surface area contributed by atoms with Crippen molar-refractivity contribution in [3.8, 4) is 0 Å². The molecule has 23 heavy (non-hydrogen) atoms. The Bertz CT molecular complexity index is 650. The molecule has 2 aromatic rings. The van der Waals surface area contributed by atoms with Crippen molar-refractivity contribution >= 4 is 23.2 Å². The van der Waals surface area contributed by atoms with Crippen molar-refractivity contribution in [1.29, 1.82) is 0 Å². The van der Waals surface area contributed by atoms with E-state index in [1.807, 2.05) is 32.9 Å². The van der Waals surface area contributed by atoms with Gasteiger partial charge in [0.25, 0.3) is 0 Å². The number of anilines is 1. The number of hydrogen-bond acceptors (Lipinski definition) is 5.